The largest absolute Gasteiger partial charge is 0.497 e. The molecule has 1 amide bonds. The lowest BCUT2D eigenvalue weighted by molar-refractivity contribution is -0.135. The predicted octanol–water partition coefficient (Wildman–Crippen LogP) is 2.60. The van der Waals surface area contributed by atoms with Crippen molar-refractivity contribution < 1.29 is 14.6 Å². The van der Waals surface area contributed by atoms with E-state index in [9.17, 15) is 9.90 Å². The Morgan fingerprint density at radius 3 is 2.48 bits per heavy atom. The Balaban J connectivity index is 1.73. The molecule has 0 spiro atoms. The number of hydrogen-bond acceptors (Lipinski definition) is 4. The van der Waals surface area contributed by atoms with Crippen LogP contribution in [0.3, 0.4) is 0 Å². The predicted molar refractivity (Wildman–Crippen MR) is 97.6 cm³/mol. The number of aliphatic hydroxyl groups is 1. The molecule has 0 aromatic heterocycles. The van der Waals surface area contributed by atoms with Crippen LogP contribution in [-0.2, 0) is 4.79 Å². The summed E-state index contributed by atoms with van der Waals surface area (Å²) in [5.74, 6) is 0.930. The number of hydrogen-bond donors (Lipinski definition) is 1. The highest BCUT2D eigenvalue weighted by Gasteiger charge is 2.36. The molecule has 0 bridgehead atoms. The zero-order valence-electron chi connectivity index (χ0n) is 15.4. The molecule has 0 radical (unpaired) electrons. The van der Waals surface area contributed by atoms with Crippen LogP contribution in [0.25, 0.3) is 0 Å². The second kappa shape index (κ2) is 7.75. The maximum absolute atomic E-state index is 12.1. The summed E-state index contributed by atoms with van der Waals surface area (Å²) < 4.78 is 5.24. The Kier molecular flexibility index (Phi) is 5.64. The van der Waals surface area contributed by atoms with E-state index in [-0.39, 0.29) is 11.9 Å². The first-order valence-electron chi connectivity index (χ1n) is 9.37. The van der Waals surface area contributed by atoms with Gasteiger partial charge in [0, 0.05) is 33.1 Å². The SMILES string of the molecule is COc1ccc(C2CN(CC3(O)CCCCC3)CCN2C(C)=O)cc1. The van der Waals surface area contributed by atoms with Gasteiger partial charge in [-0.05, 0) is 30.5 Å². The van der Waals surface area contributed by atoms with Crippen molar-refractivity contribution in [3.63, 3.8) is 0 Å². The van der Waals surface area contributed by atoms with E-state index in [2.05, 4.69) is 4.90 Å². The summed E-state index contributed by atoms with van der Waals surface area (Å²) in [4.78, 5) is 16.4. The van der Waals surface area contributed by atoms with E-state index in [0.29, 0.717) is 13.1 Å². The molecule has 1 atom stereocenters. The van der Waals surface area contributed by atoms with Gasteiger partial charge in [0.25, 0.3) is 0 Å². The third-order valence-electron chi connectivity index (χ3n) is 5.67. The number of methoxy groups -OCH3 is 1. The van der Waals surface area contributed by atoms with Crippen molar-refractivity contribution in [3.8, 4) is 5.75 Å². The third-order valence-corrected chi connectivity index (χ3v) is 5.67. The molecule has 3 rings (SSSR count). The number of carbonyl (C=O) groups excluding carboxylic acids is 1. The van der Waals surface area contributed by atoms with E-state index in [1.54, 1.807) is 14.0 Å². The topological polar surface area (TPSA) is 53.0 Å². The Hall–Kier alpha value is -1.59. The second-order valence-electron chi connectivity index (χ2n) is 7.52. The maximum Gasteiger partial charge on any atom is 0.220 e. The number of amides is 1. The molecule has 5 nitrogen and oxygen atoms in total. The fourth-order valence-electron chi connectivity index (χ4n) is 4.26. The van der Waals surface area contributed by atoms with Gasteiger partial charge in [-0.2, -0.15) is 0 Å². The number of carbonyl (C=O) groups is 1. The molecule has 1 aliphatic carbocycles. The van der Waals surface area contributed by atoms with Crippen molar-refractivity contribution >= 4 is 5.91 Å². The molecular formula is C20H30N2O3. The Morgan fingerprint density at radius 2 is 1.88 bits per heavy atom. The monoisotopic (exact) mass is 346 g/mol. The summed E-state index contributed by atoms with van der Waals surface area (Å²) in [5, 5.41) is 10.9. The zero-order chi connectivity index (χ0) is 17.9. The van der Waals surface area contributed by atoms with Crippen LogP contribution in [0.4, 0.5) is 0 Å². The average Bonchev–Trinajstić information content (AvgIpc) is 2.62. The van der Waals surface area contributed by atoms with Gasteiger partial charge in [0.2, 0.25) is 5.91 Å². The summed E-state index contributed by atoms with van der Waals surface area (Å²) in [7, 11) is 1.66. The van der Waals surface area contributed by atoms with Crippen molar-refractivity contribution in [1.82, 2.24) is 9.80 Å². The van der Waals surface area contributed by atoms with Gasteiger partial charge in [0.1, 0.15) is 5.75 Å². The molecule has 1 aromatic rings. The summed E-state index contributed by atoms with van der Waals surface area (Å²) in [5.41, 5.74) is 0.567. The van der Waals surface area contributed by atoms with Gasteiger partial charge in [-0.25, -0.2) is 0 Å². The number of ether oxygens (including phenoxy) is 1. The van der Waals surface area contributed by atoms with Gasteiger partial charge < -0.3 is 14.7 Å². The van der Waals surface area contributed by atoms with E-state index < -0.39 is 5.60 Å². The fourth-order valence-corrected chi connectivity index (χ4v) is 4.26. The van der Waals surface area contributed by atoms with E-state index in [0.717, 1.165) is 50.1 Å². The molecular weight excluding hydrogens is 316 g/mol. The first-order chi connectivity index (χ1) is 12.0. The van der Waals surface area contributed by atoms with Crippen LogP contribution in [0.1, 0.15) is 50.6 Å². The van der Waals surface area contributed by atoms with Crippen molar-refractivity contribution in [1.29, 1.82) is 0 Å². The molecule has 25 heavy (non-hydrogen) atoms. The van der Waals surface area contributed by atoms with Crippen molar-refractivity contribution in [2.45, 2.75) is 50.7 Å². The van der Waals surface area contributed by atoms with Crippen molar-refractivity contribution in [3.05, 3.63) is 29.8 Å². The molecule has 1 unspecified atom stereocenters. The Bertz CT molecular complexity index is 581. The highest BCUT2D eigenvalue weighted by Crippen LogP contribution is 2.32. The molecule has 5 heteroatoms. The highest BCUT2D eigenvalue weighted by molar-refractivity contribution is 5.74. The Labute approximate surface area is 150 Å². The van der Waals surface area contributed by atoms with Crippen molar-refractivity contribution in [2.24, 2.45) is 0 Å². The quantitative estimate of drug-likeness (QED) is 0.910. The lowest BCUT2D eigenvalue weighted by Gasteiger charge is -2.44. The molecule has 1 N–H and O–H groups in total. The summed E-state index contributed by atoms with van der Waals surface area (Å²) in [6.45, 7) is 4.66. The van der Waals surface area contributed by atoms with Crippen LogP contribution in [0, 0.1) is 0 Å². The normalized spacial score (nSPS) is 24.1. The molecule has 1 heterocycles. The van der Waals surface area contributed by atoms with Crippen LogP contribution < -0.4 is 4.74 Å². The van der Waals surface area contributed by atoms with E-state index in [4.69, 9.17) is 4.74 Å². The van der Waals surface area contributed by atoms with Gasteiger partial charge in [-0.1, -0.05) is 31.4 Å². The van der Waals surface area contributed by atoms with Gasteiger partial charge in [-0.15, -0.1) is 0 Å². The lowest BCUT2D eigenvalue weighted by atomic mass is 9.84. The van der Waals surface area contributed by atoms with Crippen LogP contribution in [0.15, 0.2) is 24.3 Å². The van der Waals surface area contributed by atoms with Crippen molar-refractivity contribution in [2.75, 3.05) is 33.3 Å². The summed E-state index contributed by atoms with van der Waals surface area (Å²) in [6, 6.07) is 8.00. The molecule has 1 aromatic carbocycles. The second-order valence-corrected chi connectivity index (χ2v) is 7.52. The number of rotatable bonds is 4. The van der Waals surface area contributed by atoms with Gasteiger partial charge >= 0.3 is 0 Å². The van der Waals surface area contributed by atoms with Gasteiger partial charge in [0.15, 0.2) is 0 Å². The van der Waals surface area contributed by atoms with Crippen LogP contribution in [0.2, 0.25) is 0 Å². The highest BCUT2D eigenvalue weighted by atomic mass is 16.5. The minimum Gasteiger partial charge on any atom is -0.497 e. The van der Waals surface area contributed by atoms with Crippen LogP contribution >= 0.6 is 0 Å². The fraction of sp³-hybridized carbons (Fsp3) is 0.650. The molecule has 2 fully saturated rings. The minimum absolute atomic E-state index is 0.0318. The van der Waals surface area contributed by atoms with Gasteiger partial charge in [0.05, 0.1) is 18.8 Å². The lowest BCUT2D eigenvalue weighted by Crippen LogP contribution is -2.54. The summed E-state index contributed by atoms with van der Waals surface area (Å²) >= 11 is 0. The molecule has 1 saturated heterocycles. The third kappa shape index (κ3) is 4.33. The first-order valence-corrected chi connectivity index (χ1v) is 9.37. The standard InChI is InChI=1S/C20H30N2O3/c1-16(23)22-13-12-21(15-20(24)10-4-3-5-11-20)14-19(22)17-6-8-18(25-2)9-7-17/h6-9,19,24H,3-5,10-15H2,1-2H3. The number of benzene rings is 1. The first kappa shape index (κ1) is 18.2. The maximum atomic E-state index is 12.1. The molecule has 2 aliphatic rings. The Morgan fingerprint density at radius 1 is 1.20 bits per heavy atom. The molecule has 138 valence electrons. The average molecular weight is 346 g/mol. The molecule has 1 aliphatic heterocycles. The number of β-amino-alcohol motifs (C(OH)–C–C–N with tert-alkyl or cyclic N) is 1. The van der Waals surface area contributed by atoms with Crippen LogP contribution in [0.5, 0.6) is 5.75 Å². The van der Waals surface area contributed by atoms with Gasteiger partial charge in [-0.3, -0.25) is 9.69 Å². The number of piperazine rings is 1. The van der Waals surface area contributed by atoms with E-state index in [1.165, 1.54) is 6.42 Å². The van der Waals surface area contributed by atoms with E-state index >= 15 is 0 Å². The number of nitrogens with zero attached hydrogens (tertiary/aromatic N) is 2. The molecule has 1 saturated carbocycles. The smallest absolute Gasteiger partial charge is 0.220 e. The summed E-state index contributed by atoms with van der Waals surface area (Å²) in [6.07, 6.45) is 5.26. The van der Waals surface area contributed by atoms with E-state index in [1.807, 2.05) is 29.2 Å². The minimum atomic E-state index is -0.554. The van der Waals surface area contributed by atoms with Crippen LogP contribution in [-0.4, -0.2) is 59.7 Å². The zero-order valence-corrected chi connectivity index (χ0v) is 15.4.